The number of aliphatic imine (C=N–C) groups is 1. The molecule has 9 heteroatoms. The highest BCUT2D eigenvalue weighted by molar-refractivity contribution is 14.0. The van der Waals surface area contributed by atoms with Crippen LogP contribution in [-0.4, -0.2) is 41.5 Å². The lowest BCUT2D eigenvalue weighted by Gasteiger charge is -2.19. The van der Waals surface area contributed by atoms with Crippen molar-refractivity contribution in [2.24, 2.45) is 12.0 Å². The Hall–Kier alpha value is -2.82. The molecule has 0 radical (unpaired) electrons. The van der Waals surface area contributed by atoms with Gasteiger partial charge in [-0.1, -0.05) is 36.4 Å². The number of aryl methyl sites for hydroxylation is 1. The maximum atomic E-state index is 5.41. The summed E-state index contributed by atoms with van der Waals surface area (Å²) in [6.45, 7) is 5.19. The average Bonchev–Trinajstić information content (AvgIpc) is 3.15. The van der Waals surface area contributed by atoms with Crippen molar-refractivity contribution >= 4 is 29.9 Å². The summed E-state index contributed by atoms with van der Waals surface area (Å²) in [5.74, 6) is 3.86. The second kappa shape index (κ2) is 13.0. The number of nitrogens with zero attached hydrogens (tertiary/aromatic N) is 4. The van der Waals surface area contributed by atoms with Gasteiger partial charge in [0.15, 0.2) is 23.3 Å². The van der Waals surface area contributed by atoms with Crippen LogP contribution in [0.2, 0.25) is 0 Å². The van der Waals surface area contributed by atoms with Crippen LogP contribution in [0.4, 0.5) is 0 Å². The number of halogens is 1. The van der Waals surface area contributed by atoms with Gasteiger partial charge >= 0.3 is 0 Å². The third-order valence-corrected chi connectivity index (χ3v) is 5.37. The first-order valence-electron chi connectivity index (χ1n) is 10.7. The van der Waals surface area contributed by atoms with Gasteiger partial charge in [0.05, 0.1) is 20.3 Å². The topological polar surface area (TPSA) is 85.6 Å². The van der Waals surface area contributed by atoms with Gasteiger partial charge < -0.3 is 24.7 Å². The maximum absolute atomic E-state index is 5.41. The molecule has 0 saturated carbocycles. The number of nitrogens with one attached hydrogen (secondary N) is 2. The van der Waals surface area contributed by atoms with Crippen molar-refractivity contribution in [1.82, 2.24) is 25.4 Å². The van der Waals surface area contributed by atoms with Crippen molar-refractivity contribution < 1.29 is 9.47 Å². The van der Waals surface area contributed by atoms with Crippen LogP contribution in [0.15, 0.2) is 53.5 Å². The Kier molecular flexibility index (Phi) is 10.4. The lowest BCUT2D eigenvalue weighted by Crippen LogP contribution is -2.39. The molecule has 0 amide bonds. The first kappa shape index (κ1) is 26.4. The van der Waals surface area contributed by atoms with Crippen LogP contribution in [0.1, 0.15) is 35.7 Å². The van der Waals surface area contributed by atoms with E-state index in [-0.39, 0.29) is 30.0 Å². The third-order valence-electron chi connectivity index (χ3n) is 5.37. The van der Waals surface area contributed by atoms with Crippen molar-refractivity contribution in [2.75, 3.05) is 20.8 Å². The van der Waals surface area contributed by atoms with Gasteiger partial charge in [-0.25, -0.2) is 4.99 Å². The van der Waals surface area contributed by atoms with Crippen LogP contribution in [-0.2, 0) is 20.0 Å². The molecule has 33 heavy (non-hydrogen) atoms. The van der Waals surface area contributed by atoms with Crippen LogP contribution in [0.5, 0.6) is 11.5 Å². The summed E-state index contributed by atoms with van der Waals surface area (Å²) in [5.41, 5.74) is 2.34. The van der Waals surface area contributed by atoms with Crippen molar-refractivity contribution in [1.29, 1.82) is 0 Å². The SMILES string of the molecule is COc1ccc(CCNC(=NCc2nnc(C)n2C)NC(C)c2ccccc2)cc1OC.I. The largest absolute Gasteiger partial charge is 0.493 e. The Labute approximate surface area is 212 Å². The van der Waals surface area contributed by atoms with Crippen LogP contribution < -0.4 is 20.1 Å². The van der Waals surface area contributed by atoms with Crippen molar-refractivity contribution in [3.8, 4) is 11.5 Å². The van der Waals surface area contributed by atoms with E-state index in [1.807, 2.05) is 54.9 Å². The Morgan fingerprint density at radius 3 is 2.42 bits per heavy atom. The standard InChI is InChI=1S/C24H32N6O2.HI/c1-17(20-9-7-6-8-10-20)27-24(26-16-23-29-28-18(2)30(23)3)25-14-13-19-11-12-21(31-4)22(15-19)32-5;/h6-12,15,17H,13-14,16H2,1-5H3,(H2,25,26,27);1H. The van der Waals surface area contributed by atoms with Crippen LogP contribution >= 0.6 is 24.0 Å². The molecule has 1 unspecified atom stereocenters. The van der Waals surface area contributed by atoms with E-state index < -0.39 is 0 Å². The smallest absolute Gasteiger partial charge is 0.192 e. The molecule has 178 valence electrons. The summed E-state index contributed by atoms with van der Waals surface area (Å²) in [6.07, 6.45) is 0.809. The van der Waals surface area contributed by atoms with E-state index >= 15 is 0 Å². The summed E-state index contributed by atoms with van der Waals surface area (Å²) in [5, 5.41) is 15.3. The van der Waals surface area contributed by atoms with Crippen LogP contribution in [0.3, 0.4) is 0 Å². The van der Waals surface area contributed by atoms with Crippen molar-refractivity contribution in [2.45, 2.75) is 32.9 Å². The molecular formula is C24H33IN6O2. The monoisotopic (exact) mass is 564 g/mol. The van der Waals surface area contributed by atoms with Gasteiger partial charge in [0.25, 0.3) is 0 Å². The predicted molar refractivity (Wildman–Crippen MR) is 142 cm³/mol. The molecule has 1 aromatic heterocycles. The van der Waals surface area contributed by atoms with Crippen LogP contribution in [0, 0.1) is 6.92 Å². The summed E-state index contributed by atoms with van der Waals surface area (Å²) in [6, 6.07) is 16.4. The summed E-state index contributed by atoms with van der Waals surface area (Å²) in [4.78, 5) is 4.75. The first-order chi connectivity index (χ1) is 15.5. The van der Waals surface area contributed by atoms with E-state index in [0.29, 0.717) is 13.1 Å². The third kappa shape index (κ3) is 7.34. The van der Waals surface area contributed by atoms with Gasteiger partial charge in [0, 0.05) is 13.6 Å². The minimum Gasteiger partial charge on any atom is -0.493 e. The molecule has 0 aliphatic heterocycles. The molecular weight excluding hydrogens is 531 g/mol. The Bertz CT molecular complexity index is 1040. The minimum absolute atomic E-state index is 0. The van der Waals surface area contributed by atoms with E-state index in [1.54, 1.807) is 14.2 Å². The zero-order valence-corrected chi connectivity index (χ0v) is 22.2. The van der Waals surface area contributed by atoms with Gasteiger partial charge in [-0.05, 0) is 43.5 Å². The molecule has 1 heterocycles. The maximum Gasteiger partial charge on any atom is 0.192 e. The molecule has 0 aliphatic carbocycles. The zero-order valence-electron chi connectivity index (χ0n) is 19.8. The van der Waals surface area contributed by atoms with E-state index in [4.69, 9.17) is 14.5 Å². The normalized spacial score (nSPS) is 12.0. The average molecular weight is 564 g/mol. The Morgan fingerprint density at radius 2 is 1.79 bits per heavy atom. The molecule has 3 aromatic rings. The number of aromatic nitrogens is 3. The fraction of sp³-hybridized carbons (Fsp3) is 0.375. The number of ether oxygens (including phenoxy) is 2. The molecule has 0 aliphatic rings. The molecule has 0 saturated heterocycles. The molecule has 2 N–H and O–H groups in total. The quantitative estimate of drug-likeness (QED) is 0.234. The number of hydrogen-bond donors (Lipinski definition) is 2. The highest BCUT2D eigenvalue weighted by Crippen LogP contribution is 2.27. The fourth-order valence-electron chi connectivity index (χ4n) is 3.28. The van der Waals surface area contributed by atoms with Gasteiger partial charge in [-0.2, -0.15) is 0 Å². The predicted octanol–water partition coefficient (Wildman–Crippen LogP) is 3.80. The molecule has 1 atom stereocenters. The Balaban J connectivity index is 0.00000385. The Morgan fingerprint density at radius 1 is 1.06 bits per heavy atom. The van der Waals surface area contributed by atoms with Gasteiger partial charge in [0.1, 0.15) is 12.4 Å². The zero-order chi connectivity index (χ0) is 22.9. The van der Waals surface area contributed by atoms with Crippen LogP contribution in [0.25, 0.3) is 0 Å². The van der Waals surface area contributed by atoms with Gasteiger partial charge in [0.2, 0.25) is 0 Å². The van der Waals surface area contributed by atoms with Gasteiger partial charge in [-0.15, -0.1) is 34.2 Å². The number of guanidine groups is 1. The number of hydrogen-bond acceptors (Lipinski definition) is 5. The molecule has 3 rings (SSSR count). The molecule has 0 spiro atoms. The lowest BCUT2D eigenvalue weighted by atomic mass is 10.1. The minimum atomic E-state index is 0. The van der Waals surface area contributed by atoms with Gasteiger partial charge in [-0.3, -0.25) is 0 Å². The highest BCUT2D eigenvalue weighted by atomic mass is 127. The second-order valence-corrected chi connectivity index (χ2v) is 7.53. The highest BCUT2D eigenvalue weighted by Gasteiger charge is 2.10. The summed E-state index contributed by atoms with van der Waals surface area (Å²) in [7, 11) is 5.23. The molecule has 0 fully saturated rings. The number of methoxy groups -OCH3 is 2. The number of rotatable bonds is 9. The second-order valence-electron chi connectivity index (χ2n) is 7.53. The molecule has 0 bridgehead atoms. The molecule has 8 nitrogen and oxygen atoms in total. The van der Waals surface area contributed by atoms with E-state index in [9.17, 15) is 0 Å². The summed E-state index contributed by atoms with van der Waals surface area (Å²) < 4.78 is 12.7. The lowest BCUT2D eigenvalue weighted by molar-refractivity contribution is 0.354. The fourth-order valence-corrected chi connectivity index (χ4v) is 3.28. The molecule has 2 aromatic carbocycles. The van der Waals surface area contributed by atoms with Crippen molar-refractivity contribution in [3.63, 3.8) is 0 Å². The van der Waals surface area contributed by atoms with E-state index in [2.05, 4.69) is 39.9 Å². The van der Waals surface area contributed by atoms with Crippen molar-refractivity contribution in [3.05, 3.63) is 71.3 Å². The summed E-state index contributed by atoms with van der Waals surface area (Å²) >= 11 is 0. The number of benzene rings is 2. The first-order valence-corrected chi connectivity index (χ1v) is 10.7. The van der Waals surface area contributed by atoms with E-state index in [0.717, 1.165) is 41.1 Å². The van der Waals surface area contributed by atoms with E-state index in [1.165, 1.54) is 5.56 Å².